The van der Waals surface area contributed by atoms with Crippen molar-refractivity contribution in [3.05, 3.63) is 96.0 Å². The van der Waals surface area contributed by atoms with Crippen molar-refractivity contribution in [3.63, 3.8) is 0 Å². The number of non-ortho nitro benzene ring substituents is 1. The third-order valence-corrected chi connectivity index (χ3v) is 7.60. The van der Waals surface area contributed by atoms with Crippen molar-refractivity contribution >= 4 is 62.4 Å². The third-order valence-electron chi connectivity index (χ3n) is 5.11. The van der Waals surface area contributed by atoms with Crippen LogP contribution in [0.4, 0.5) is 10.8 Å². The van der Waals surface area contributed by atoms with E-state index in [1.165, 1.54) is 23.5 Å². The van der Waals surface area contributed by atoms with E-state index in [2.05, 4.69) is 0 Å². The molecule has 4 aromatic rings. The number of benzene rings is 2. The molecular weight excluding hydrogens is 487 g/mol. The average molecular weight is 501 g/mol. The highest BCUT2D eigenvalue weighted by Crippen LogP contribution is 2.40. The Labute approximate surface area is 201 Å². The molecule has 0 unspecified atom stereocenters. The minimum absolute atomic E-state index is 0.0637. The van der Waals surface area contributed by atoms with Crippen LogP contribution in [0.1, 0.15) is 22.9 Å². The molecule has 0 bridgehead atoms. The molecule has 2 aromatic carbocycles. The zero-order valence-corrected chi connectivity index (χ0v) is 19.5. The molecule has 32 heavy (non-hydrogen) atoms. The minimum atomic E-state index is -0.395. The van der Waals surface area contributed by atoms with E-state index in [-0.39, 0.29) is 11.7 Å². The van der Waals surface area contributed by atoms with Gasteiger partial charge in [-0.2, -0.15) is 5.10 Å². The molecule has 5 rings (SSSR count). The van der Waals surface area contributed by atoms with E-state index in [0.717, 1.165) is 32.5 Å². The SMILES string of the molecule is O=[N+]([O-])c1ccc([C@@H]2CC(c3cccs3)=NN2c2nc(-c3ccc(Cl)c(Cl)c3)cs2)cc1. The van der Waals surface area contributed by atoms with Crippen LogP contribution in [-0.4, -0.2) is 15.6 Å². The summed E-state index contributed by atoms with van der Waals surface area (Å²) in [6.45, 7) is 0. The van der Waals surface area contributed by atoms with Gasteiger partial charge in [-0.25, -0.2) is 9.99 Å². The van der Waals surface area contributed by atoms with Gasteiger partial charge in [0, 0.05) is 29.5 Å². The molecule has 0 N–H and O–H groups in total. The van der Waals surface area contributed by atoms with Crippen molar-refractivity contribution < 1.29 is 4.92 Å². The van der Waals surface area contributed by atoms with Gasteiger partial charge in [0.2, 0.25) is 5.13 Å². The maximum absolute atomic E-state index is 11.1. The molecule has 0 saturated heterocycles. The number of nitrogens with zero attached hydrogens (tertiary/aromatic N) is 4. The van der Waals surface area contributed by atoms with Gasteiger partial charge in [-0.1, -0.05) is 47.5 Å². The molecule has 0 amide bonds. The molecule has 0 aliphatic carbocycles. The summed E-state index contributed by atoms with van der Waals surface area (Å²) in [4.78, 5) is 16.6. The summed E-state index contributed by atoms with van der Waals surface area (Å²) in [7, 11) is 0. The van der Waals surface area contributed by atoms with E-state index < -0.39 is 4.92 Å². The predicted octanol–water partition coefficient (Wildman–Crippen LogP) is 7.44. The van der Waals surface area contributed by atoms with Crippen molar-refractivity contribution in [3.8, 4) is 11.3 Å². The fraction of sp³-hybridized carbons (Fsp3) is 0.0909. The Morgan fingerprint density at radius 2 is 1.88 bits per heavy atom. The van der Waals surface area contributed by atoms with Gasteiger partial charge in [0.15, 0.2) is 0 Å². The van der Waals surface area contributed by atoms with Gasteiger partial charge in [-0.05, 0) is 29.1 Å². The fourth-order valence-corrected chi connectivity index (χ4v) is 5.37. The Kier molecular flexibility index (Phi) is 5.69. The number of nitro benzene ring substituents is 1. The lowest BCUT2D eigenvalue weighted by Crippen LogP contribution is -2.18. The van der Waals surface area contributed by atoms with Crippen LogP contribution in [0.25, 0.3) is 11.3 Å². The first-order valence-electron chi connectivity index (χ1n) is 9.55. The standard InChI is InChI=1S/C22H14Cl2N4O2S2/c23-16-8-5-14(10-17(16)24)19-12-32-22(25-19)27-20(11-18(26-27)21-2-1-9-31-21)13-3-6-15(7-4-13)28(29)30/h1-10,12,20H,11H2/t20-/m0/s1. The predicted molar refractivity (Wildman–Crippen MR) is 131 cm³/mol. The first-order chi connectivity index (χ1) is 15.5. The highest BCUT2D eigenvalue weighted by atomic mass is 35.5. The second-order valence-corrected chi connectivity index (χ2v) is 9.68. The third kappa shape index (κ3) is 4.02. The van der Waals surface area contributed by atoms with Crippen molar-refractivity contribution in [2.75, 3.05) is 5.01 Å². The maximum Gasteiger partial charge on any atom is 0.269 e. The molecule has 1 aliphatic heterocycles. The highest BCUT2D eigenvalue weighted by Gasteiger charge is 2.32. The normalized spacial score (nSPS) is 15.8. The van der Waals surface area contributed by atoms with Crippen LogP contribution in [0.5, 0.6) is 0 Å². The lowest BCUT2D eigenvalue weighted by atomic mass is 10.0. The van der Waals surface area contributed by atoms with E-state index in [1.54, 1.807) is 35.6 Å². The van der Waals surface area contributed by atoms with Crippen molar-refractivity contribution in [1.82, 2.24) is 4.98 Å². The Balaban J connectivity index is 1.51. The molecule has 6 nitrogen and oxygen atoms in total. The summed E-state index contributed by atoms with van der Waals surface area (Å²) in [5.41, 5.74) is 3.63. The van der Waals surface area contributed by atoms with Gasteiger partial charge < -0.3 is 0 Å². The number of hydrogen-bond acceptors (Lipinski definition) is 7. The van der Waals surface area contributed by atoms with Crippen molar-refractivity contribution in [2.24, 2.45) is 5.10 Å². The highest BCUT2D eigenvalue weighted by molar-refractivity contribution is 7.14. The molecule has 10 heteroatoms. The molecule has 1 atom stereocenters. The van der Waals surface area contributed by atoms with Gasteiger partial charge in [0.05, 0.1) is 37.3 Å². The van der Waals surface area contributed by atoms with Crippen LogP contribution in [0, 0.1) is 10.1 Å². The first-order valence-corrected chi connectivity index (χ1v) is 12.1. The smallest absolute Gasteiger partial charge is 0.258 e. The van der Waals surface area contributed by atoms with Crippen LogP contribution < -0.4 is 5.01 Å². The molecule has 0 saturated carbocycles. The van der Waals surface area contributed by atoms with Crippen LogP contribution in [-0.2, 0) is 0 Å². The summed E-state index contributed by atoms with van der Waals surface area (Å²) in [5.74, 6) is 0. The zero-order chi connectivity index (χ0) is 22.2. The summed E-state index contributed by atoms with van der Waals surface area (Å²) in [6, 6.07) is 16.0. The minimum Gasteiger partial charge on any atom is -0.258 e. The lowest BCUT2D eigenvalue weighted by Gasteiger charge is -2.21. The molecule has 1 aliphatic rings. The molecule has 0 spiro atoms. The van der Waals surface area contributed by atoms with Gasteiger partial charge in [0.25, 0.3) is 5.69 Å². The topological polar surface area (TPSA) is 71.6 Å². The number of halogens is 2. The number of thiazole rings is 1. The number of nitro groups is 1. The quantitative estimate of drug-likeness (QED) is 0.210. The molecule has 0 fully saturated rings. The lowest BCUT2D eigenvalue weighted by molar-refractivity contribution is -0.384. The molecule has 3 heterocycles. The van der Waals surface area contributed by atoms with Crippen molar-refractivity contribution in [2.45, 2.75) is 12.5 Å². The van der Waals surface area contributed by atoms with E-state index in [0.29, 0.717) is 16.5 Å². The maximum atomic E-state index is 11.1. The molecule has 0 radical (unpaired) electrons. The van der Waals surface area contributed by atoms with Crippen LogP contribution >= 0.6 is 45.9 Å². The van der Waals surface area contributed by atoms with E-state index in [9.17, 15) is 10.1 Å². The Hall–Kier alpha value is -2.78. The Bertz CT molecular complexity index is 1320. The number of hydrazone groups is 1. The van der Waals surface area contributed by atoms with Gasteiger partial charge in [0.1, 0.15) is 0 Å². The number of hydrogen-bond donors (Lipinski definition) is 0. The molecule has 2 aromatic heterocycles. The van der Waals surface area contributed by atoms with Gasteiger partial charge >= 0.3 is 0 Å². The summed E-state index contributed by atoms with van der Waals surface area (Å²) in [5, 5.41) is 23.5. The number of thiophene rings is 1. The Morgan fingerprint density at radius 1 is 1.06 bits per heavy atom. The second-order valence-electron chi connectivity index (χ2n) is 7.08. The largest absolute Gasteiger partial charge is 0.269 e. The Morgan fingerprint density at radius 3 is 2.56 bits per heavy atom. The van der Waals surface area contributed by atoms with Crippen LogP contribution in [0.15, 0.2) is 70.5 Å². The summed E-state index contributed by atoms with van der Waals surface area (Å²) in [6.07, 6.45) is 0.681. The number of aromatic nitrogens is 1. The average Bonchev–Trinajstić information content (AvgIpc) is 3.55. The summed E-state index contributed by atoms with van der Waals surface area (Å²) < 4.78 is 0. The van der Waals surface area contributed by atoms with Gasteiger partial charge in [-0.3, -0.25) is 10.1 Å². The van der Waals surface area contributed by atoms with Crippen LogP contribution in [0.2, 0.25) is 10.0 Å². The molecule has 160 valence electrons. The second kappa shape index (κ2) is 8.63. The molecular formula is C22H14Cl2N4O2S2. The number of anilines is 1. The van der Waals surface area contributed by atoms with Crippen LogP contribution in [0.3, 0.4) is 0 Å². The van der Waals surface area contributed by atoms with E-state index >= 15 is 0 Å². The first kappa shape index (κ1) is 21.1. The van der Waals surface area contributed by atoms with Gasteiger partial charge in [-0.15, -0.1) is 22.7 Å². The van der Waals surface area contributed by atoms with E-state index in [1.807, 2.05) is 34.0 Å². The zero-order valence-electron chi connectivity index (χ0n) is 16.3. The van der Waals surface area contributed by atoms with Crippen molar-refractivity contribution in [1.29, 1.82) is 0 Å². The monoisotopic (exact) mass is 500 g/mol. The summed E-state index contributed by atoms with van der Waals surface area (Å²) >= 11 is 15.3. The fourth-order valence-electron chi connectivity index (χ4n) is 3.51. The number of rotatable bonds is 5. The van der Waals surface area contributed by atoms with E-state index in [4.69, 9.17) is 33.3 Å².